The highest BCUT2D eigenvalue weighted by atomic mass is 19.1. The number of fused-ring (bicyclic) bond motifs is 1. The van der Waals surface area contributed by atoms with Crippen LogP contribution in [-0.4, -0.2) is 38.3 Å². The summed E-state index contributed by atoms with van der Waals surface area (Å²) >= 11 is 0. The Hall–Kier alpha value is -3.96. The summed E-state index contributed by atoms with van der Waals surface area (Å²) in [5.41, 5.74) is 4.21. The number of nitriles is 1. The van der Waals surface area contributed by atoms with Gasteiger partial charge >= 0.3 is 0 Å². The molecule has 2 aromatic carbocycles. The number of benzene rings is 2. The number of aromatic nitrogens is 3. The van der Waals surface area contributed by atoms with Crippen LogP contribution >= 0.6 is 0 Å². The topological polar surface area (TPSA) is 74.8 Å². The van der Waals surface area contributed by atoms with E-state index < -0.39 is 5.82 Å². The predicted octanol–water partition coefficient (Wildman–Crippen LogP) is 5.10. The number of imidazole rings is 1. The number of Topliss-reactive ketones (excluding diaryl/α,β-unsaturated/α-hetero) is 1. The van der Waals surface area contributed by atoms with Crippen molar-refractivity contribution in [1.29, 1.82) is 5.26 Å². The molecule has 1 atom stereocenters. The predicted molar refractivity (Wildman–Crippen MR) is 136 cm³/mol. The molecule has 1 fully saturated rings. The summed E-state index contributed by atoms with van der Waals surface area (Å²) in [4.78, 5) is 23.1. The molecule has 8 heteroatoms. The SMILES string of the molecule is CC(=O)c1cc(F)c2nc(CN3CCC(c4nc(CCc5ccc(C#N)cc5)ccc4F)C3)n(C)c2c1. The smallest absolute Gasteiger partial charge is 0.159 e. The van der Waals surface area contributed by atoms with E-state index in [1.165, 1.54) is 19.1 Å². The van der Waals surface area contributed by atoms with Gasteiger partial charge in [0.25, 0.3) is 0 Å². The molecule has 0 spiro atoms. The van der Waals surface area contributed by atoms with Gasteiger partial charge in [-0.1, -0.05) is 12.1 Å². The zero-order valence-electron chi connectivity index (χ0n) is 20.8. The van der Waals surface area contributed by atoms with Crippen molar-refractivity contribution < 1.29 is 13.6 Å². The highest BCUT2D eigenvalue weighted by Gasteiger charge is 2.28. The molecule has 2 aromatic heterocycles. The minimum absolute atomic E-state index is 0.0365. The second-order valence-corrected chi connectivity index (χ2v) is 9.67. The van der Waals surface area contributed by atoms with Crippen LogP contribution in [0.1, 0.15) is 58.0 Å². The van der Waals surface area contributed by atoms with Crippen molar-refractivity contribution in [2.45, 2.75) is 38.6 Å². The van der Waals surface area contributed by atoms with Crippen molar-refractivity contribution >= 4 is 16.8 Å². The van der Waals surface area contributed by atoms with Crippen LogP contribution in [0.4, 0.5) is 8.78 Å². The molecule has 37 heavy (non-hydrogen) atoms. The molecule has 0 bridgehead atoms. The lowest BCUT2D eigenvalue weighted by Crippen LogP contribution is -2.22. The maximum atomic E-state index is 14.8. The summed E-state index contributed by atoms with van der Waals surface area (Å²) in [6, 6.07) is 15.7. The molecular weight excluding hydrogens is 472 g/mol. The molecular formula is C29H27F2N5O. The number of pyridine rings is 1. The normalized spacial score (nSPS) is 15.8. The number of rotatable bonds is 7. The molecule has 1 unspecified atom stereocenters. The van der Waals surface area contributed by atoms with E-state index in [9.17, 15) is 13.6 Å². The molecule has 5 rings (SSSR count). The fourth-order valence-corrected chi connectivity index (χ4v) is 4.98. The molecule has 0 radical (unpaired) electrons. The Morgan fingerprint density at radius 2 is 1.86 bits per heavy atom. The molecule has 188 valence electrons. The molecule has 0 aliphatic carbocycles. The van der Waals surface area contributed by atoms with Crippen LogP contribution in [0.25, 0.3) is 11.0 Å². The van der Waals surface area contributed by atoms with E-state index in [0.717, 1.165) is 30.6 Å². The zero-order chi connectivity index (χ0) is 26.1. The molecule has 1 aliphatic rings. The second-order valence-electron chi connectivity index (χ2n) is 9.67. The Labute approximate surface area is 214 Å². The molecule has 6 nitrogen and oxygen atoms in total. The fourth-order valence-electron chi connectivity index (χ4n) is 4.98. The van der Waals surface area contributed by atoms with Gasteiger partial charge in [-0.25, -0.2) is 13.8 Å². The largest absolute Gasteiger partial charge is 0.330 e. The van der Waals surface area contributed by atoms with Gasteiger partial charge in [-0.3, -0.25) is 14.7 Å². The first-order valence-electron chi connectivity index (χ1n) is 12.3. The van der Waals surface area contributed by atoms with E-state index in [1.807, 2.05) is 23.7 Å². The third-order valence-electron chi connectivity index (χ3n) is 7.15. The van der Waals surface area contributed by atoms with E-state index >= 15 is 0 Å². The van der Waals surface area contributed by atoms with Crippen LogP contribution in [0.5, 0.6) is 0 Å². The van der Waals surface area contributed by atoms with E-state index in [4.69, 9.17) is 5.26 Å². The Bertz CT molecular complexity index is 1520. The van der Waals surface area contributed by atoms with Crippen molar-refractivity contribution in [1.82, 2.24) is 19.4 Å². The lowest BCUT2D eigenvalue weighted by atomic mass is 10.0. The lowest BCUT2D eigenvalue weighted by Gasteiger charge is -2.16. The quantitative estimate of drug-likeness (QED) is 0.331. The highest BCUT2D eigenvalue weighted by Crippen LogP contribution is 2.30. The van der Waals surface area contributed by atoms with Crippen molar-refractivity contribution in [2.24, 2.45) is 7.05 Å². The molecule has 4 aromatic rings. The number of carbonyl (C=O) groups is 1. The van der Waals surface area contributed by atoms with Gasteiger partial charge < -0.3 is 4.57 Å². The Morgan fingerprint density at radius 3 is 2.59 bits per heavy atom. The zero-order valence-corrected chi connectivity index (χ0v) is 20.8. The van der Waals surface area contributed by atoms with Gasteiger partial charge in [0.15, 0.2) is 11.6 Å². The number of carbonyl (C=O) groups excluding carboxylic acids is 1. The number of aryl methyl sites for hydroxylation is 3. The van der Waals surface area contributed by atoms with Crippen molar-refractivity contribution in [3.05, 3.63) is 94.1 Å². The van der Waals surface area contributed by atoms with E-state index in [-0.39, 0.29) is 23.0 Å². The number of likely N-dealkylation sites (tertiary alicyclic amines) is 1. The summed E-state index contributed by atoms with van der Waals surface area (Å²) in [5, 5.41) is 8.95. The number of halogens is 2. The van der Waals surface area contributed by atoms with Gasteiger partial charge in [-0.05, 0) is 74.7 Å². The van der Waals surface area contributed by atoms with Gasteiger partial charge in [0.2, 0.25) is 0 Å². The van der Waals surface area contributed by atoms with E-state index in [1.54, 1.807) is 24.3 Å². The second kappa shape index (κ2) is 10.2. The van der Waals surface area contributed by atoms with E-state index in [2.05, 4.69) is 20.9 Å². The number of nitrogens with zero attached hydrogens (tertiary/aromatic N) is 5. The van der Waals surface area contributed by atoms with Gasteiger partial charge in [0.05, 0.1) is 29.4 Å². The summed E-state index contributed by atoms with van der Waals surface area (Å²) in [7, 11) is 1.82. The third-order valence-corrected chi connectivity index (χ3v) is 7.15. The first-order valence-corrected chi connectivity index (χ1v) is 12.3. The molecule has 0 N–H and O–H groups in total. The minimum atomic E-state index is -0.507. The Kier molecular flexibility index (Phi) is 6.81. The maximum Gasteiger partial charge on any atom is 0.159 e. The van der Waals surface area contributed by atoms with Gasteiger partial charge in [0.1, 0.15) is 17.2 Å². The summed E-state index contributed by atoms with van der Waals surface area (Å²) < 4.78 is 31.2. The third kappa shape index (κ3) is 5.13. The molecule has 0 saturated carbocycles. The number of hydrogen-bond acceptors (Lipinski definition) is 5. The maximum absolute atomic E-state index is 14.8. The van der Waals surface area contributed by atoms with Crippen molar-refractivity contribution in [3.63, 3.8) is 0 Å². The van der Waals surface area contributed by atoms with Crippen LogP contribution < -0.4 is 0 Å². The number of hydrogen-bond donors (Lipinski definition) is 0. The van der Waals surface area contributed by atoms with Crippen LogP contribution in [0.15, 0.2) is 48.5 Å². The van der Waals surface area contributed by atoms with Gasteiger partial charge in [-0.15, -0.1) is 0 Å². The first-order chi connectivity index (χ1) is 17.8. The van der Waals surface area contributed by atoms with Crippen LogP contribution in [-0.2, 0) is 26.4 Å². The van der Waals surface area contributed by atoms with E-state index in [0.29, 0.717) is 47.7 Å². The Morgan fingerprint density at radius 1 is 1.08 bits per heavy atom. The monoisotopic (exact) mass is 499 g/mol. The van der Waals surface area contributed by atoms with Crippen LogP contribution in [0.3, 0.4) is 0 Å². The standard InChI is InChI=1S/C29H27F2N5O/c1-18(37)22-13-25(31)29-26(14-22)35(2)27(34-29)17-36-12-11-21(16-36)28-24(30)10-9-23(33-28)8-7-19-3-5-20(15-32)6-4-19/h3-6,9-10,13-14,21H,7-8,11-12,16-17H2,1-2H3. The summed E-state index contributed by atoms with van der Waals surface area (Å²) in [6.45, 7) is 3.30. The summed E-state index contributed by atoms with van der Waals surface area (Å²) in [6.07, 6.45) is 2.22. The van der Waals surface area contributed by atoms with Gasteiger partial charge in [0, 0.05) is 30.8 Å². The molecule has 1 aliphatic heterocycles. The minimum Gasteiger partial charge on any atom is -0.330 e. The number of ketones is 1. The first kappa shape index (κ1) is 24.7. The fraction of sp³-hybridized carbons (Fsp3) is 0.310. The molecule has 0 amide bonds. The lowest BCUT2D eigenvalue weighted by molar-refractivity contribution is 0.101. The van der Waals surface area contributed by atoms with Crippen LogP contribution in [0.2, 0.25) is 0 Å². The van der Waals surface area contributed by atoms with Crippen molar-refractivity contribution in [2.75, 3.05) is 13.1 Å². The van der Waals surface area contributed by atoms with Gasteiger partial charge in [-0.2, -0.15) is 5.26 Å². The van der Waals surface area contributed by atoms with Crippen molar-refractivity contribution in [3.8, 4) is 6.07 Å². The Balaban J connectivity index is 1.28. The average Bonchev–Trinajstić information content (AvgIpc) is 3.49. The molecule has 3 heterocycles. The summed E-state index contributed by atoms with van der Waals surface area (Å²) in [5.74, 6) is -0.339. The van der Waals surface area contributed by atoms with Crippen LogP contribution in [0, 0.1) is 23.0 Å². The highest BCUT2D eigenvalue weighted by molar-refractivity contribution is 5.97. The molecule has 1 saturated heterocycles. The average molecular weight is 500 g/mol.